The van der Waals surface area contributed by atoms with Crippen molar-refractivity contribution in [2.24, 2.45) is 0 Å². The van der Waals surface area contributed by atoms with Gasteiger partial charge >= 0.3 is 5.97 Å². The van der Waals surface area contributed by atoms with Gasteiger partial charge in [0.15, 0.2) is 0 Å². The summed E-state index contributed by atoms with van der Waals surface area (Å²) in [4.78, 5) is 20.8. The summed E-state index contributed by atoms with van der Waals surface area (Å²) in [6.07, 6.45) is 3.37. The Bertz CT molecular complexity index is 1460. The summed E-state index contributed by atoms with van der Waals surface area (Å²) < 4.78 is 22.4. The number of hydrogen-bond acceptors (Lipinski definition) is 7. The minimum atomic E-state index is -0.476. The van der Waals surface area contributed by atoms with Gasteiger partial charge in [0.05, 0.1) is 30.9 Å². The van der Waals surface area contributed by atoms with Crippen molar-refractivity contribution < 1.29 is 13.9 Å². The molecule has 0 unspecified atom stereocenters. The van der Waals surface area contributed by atoms with Crippen molar-refractivity contribution in [3.8, 4) is 5.69 Å². The van der Waals surface area contributed by atoms with E-state index in [9.17, 15) is 9.18 Å². The molecular formula is C24H20FN7O2. The second-order valence-electron chi connectivity index (χ2n) is 7.48. The number of ether oxygens (including phenoxy) is 1. The maximum atomic E-state index is 14.0. The van der Waals surface area contributed by atoms with E-state index in [0.29, 0.717) is 47.0 Å². The van der Waals surface area contributed by atoms with Crippen LogP contribution in [0.1, 0.15) is 21.9 Å². The molecule has 0 radical (unpaired) electrons. The van der Waals surface area contributed by atoms with Crippen LogP contribution in [0.15, 0.2) is 73.1 Å². The van der Waals surface area contributed by atoms with Crippen LogP contribution >= 0.6 is 0 Å². The molecule has 1 N–H and O–H groups in total. The number of imidazole rings is 1. The van der Waals surface area contributed by atoms with Crippen molar-refractivity contribution in [3.05, 3.63) is 96.0 Å². The molecule has 0 atom stereocenters. The molecule has 3 heterocycles. The van der Waals surface area contributed by atoms with Gasteiger partial charge in [-0.05, 0) is 36.4 Å². The van der Waals surface area contributed by atoms with Gasteiger partial charge in [0.1, 0.15) is 35.3 Å². The number of anilines is 1. The summed E-state index contributed by atoms with van der Waals surface area (Å²) in [7, 11) is 1.32. The maximum Gasteiger partial charge on any atom is 0.341 e. The van der Waals surface area contributed by atoms with Crippen LogP contribution in [0.25, 0.3) is 16.7 Å². The van der Waals surface area contributed by atoms with E-state index >= 15 is 0 Å². The fourth-order valence-electron chi connectivity index (χ4n) is 3.71. The average molecular weight is 457 g/mol. The molecule has 5 rings (SSSR count). The van der Waals surface area contributed by atoms with Crippen molar-refractivity contribution in [1.82, 2.24) is 29.5 Å². The lowest BCUT2D eigenvalue weighted by atomic mass is 10.2. The van der Waals surface area contributed by atoms with Gasteiger partial charge in [0.25, 0.3) is 0 Å². The van der Waals surface area contributed by atoms with E-state index < -0.39 is 5.97 Å². The van der Waals surface area contributed by atoms with Crippen molar-refractivity contribution >= 4 is 22.8 Å². The van der Waals surface area contributed by atoms with Crippen LogP contribution in [0.3, 0.4) is 0 Å². The number of esters is 1. The van der Waals surface area contributed by atoms with Crippen LogP contribution in [0.2, 0.25) is 0 Å². The first-order valence-electron chi connectivity index (χ1n) is 10.5. The number of para-hydroxylation sites is 1. The number of aromatic nitrogens is 6. The molecule has 0 bridgehead atoms. The normalized spacial score (nSPS) is 11.0. The summed E-state index contributed by atoms with van der Waals surface area (Å²) in [5.74, 6) is 0.285. The summed E-state index contributed by atoms with van der Waals surface area (Å²) >= 11 is 0. The summed E-state index contributed by atoms with van der Waals surface area (Å²) in [6.45, 7) is 0.635. The van der Waals surface area contributed by atoms with Gasteiger partial charge in [-0.15, -0.1) is 5.10 Å². The summed E-state index contributed by atoms with van der Waals surface area (Å²) in [5, 5.41) is 11.5. The number of carbonyl (C=O) groups excluding carboxylic acids is 1. The standard InChI is InChI=1S/C24H20FN7O2/c1-34-24(33)19-8-5-11-26-23(19)27-13-17-14-31(30-29-17)15-22-28-20-10-9-16(25)12-21(20)32(22)18-6-3-2-4-7-18/h2-12,14H,13,15H2,1H3,(H,26,27). The predicted molar refractivity (Wildman–Crippen MR) is 123 cm³/mol. The molecule has 9 nitrogen and oxygen atoms in total. The Kier molecular flexibility index (Phi) is 5.69. The van der Waals surface area contributed by atoms with E-state index in [1.165, 1.54) is 19.2 Å². The third-order valence-corrected chi connectivity index (χ3v) is 5.24. The molecule has 170 valence electrons. The maximum absolute atomic E-state index is 14.0. The van der Waals surface area contributed by atoms with Gasteiger partial charge in [-0.3, -0.25) is 4.57 Å². The highest BCUT2D eigenvalue weighted by molar-refractivity contribution is 5.94. The molecular weight excluding hydrogens is 437 g/mol. The summed E-state index contributed by atoms with van der Waals surface area (Å²) in [6, 6.07) is 17.5. The van der Waals surface area contributed by atoms with Crippen LogP contribution < -0.4 is 5.32 Å². The third kappa shape index (κ3) is 4.20. The fourth-order valence-corrected chi connectivity index (χ4v) is 3.71. The smallest absolute Gasteiger partial charge is 0.341 e. The largest absolute Gasteiger partial charge is 0.465 e. The van der Waals surface area contributed by atoms with Gasteiger partial charge in [0, 0.05) is 18.0 Å². The molecule has 3 aromatic heterocycles. The lowest BCUT2D eigenvalue weighted by Gasteiger charge is -2.09. The monoisotopic (exact) mass is 457 g/mol. The molecule has 10 heteroatoms. The Hall–Kier alpha value is -4.60. The minimum absolute atomic E-state index is 0.307. The van der Waals surface area contributed by atoms with Crippen LogP contribution in [0.4, 0.5) is 10.2 Å². The lowest BCUT2D eigenvalue weighted by Crippen LogP contribution is -2.10. The SMILES string of the molecule is COC(=O)c1cccnc1NCc1cn(Cc2nc3ccc(F)cc3n2-c2ccccc2)nn1. The lowest BCUT2D eigenvalue weighted by molar-refractivity contribution is 0.0601. The first-order chi connectivity index (χ1) is 16.6. The molecule has 2 aromatic carbocycles. The molecule has 0 aliphatic carbocycles. The Morgan fingerprint density at radius 1 is 1.12 bits per heavy atom. The van der Waals surface area contributed by atoms with E-state index in [0.717, 1.165) is 5.69 Å². The number of nitrogens with zero attached hydrogens (tertiary/aromatic N) is 6. The molecule has 0 amide bonds. The molecule has 0 spiro atoms. The zero-order valence-electron chi connectivity index (χ0n) is 18.2. The van der Waals surface area contributed by atoms with Crippen molar-refractivity contribution in [2.45, 2.75) is 13.1 Å². The van der Waals surface area contributed by atoms with Crippen molar-refractivity contribution in [1.29, 1.82) is 0 Å². The van der Waals surface area contributed by atoms with Crippen molar-refractivity contribution in [3.63, 3.8) is 0 Å². The summed E-state index contributed by atoms with van der Waals surface area (Å²) in [5.41, 5.74) is 3.22. The van der Waals surface area contributed by atoms with Gasteiger partial charge in [-0.25, -0.2) is 23.8 Å². The number of carbonyl (C=O) groups is 1. The number of hydrogen-bond donors (Lipinski definition) is 1. The Morgan fingerprint density at radius 2 is 1.97 bits per heavy atom. The van der Waals surface area contributed by atoms with Crippen LogP contribution in [0, 0.1) is 5.82 Å². The molecule has 0 saturated carbocycles. The topological polar surface area (TPSA) is 99.8 Å². The fraction of sp³-hybridized carbons (Fsp3) is 0.125. The number of benzene rings is 2. The van der Waals surface area contributed by atoms with E-state index in [2.05, 4.69) is 20.6 Å². The molecule has 0 saturated heterocycles. The zero-order valence-corrected chi connectivity index (χ0v) is 18.2. The highest BCUT2D eigenvalue weighted by atomic mass is 19.1. The van der Waals surface area contributed by atoms with E-state index in [1.54, 1.807) is 35.3 Å². The molecule has 34 heavy (non-hydrogen) atoms. The molecule has 0 aliphatic rings. The highest BCUT2D eigenvalue weighted by Gasteiger charge is 2.16. The second-order valence-corrected chi connectivity index (χ2v) is 7.48. The first-order valence-corrected chi connectivity index (χ1v) is 10.5. The number of nitrogens with one attached hydrogen (secondary N) is 1. The molecule has 0 fully saturated rings. The molecule has 0 aliphatic heterocycles. The number of fused-ring (bicyclic) bond motifs is 1. The van der Waals surface area contributed by atoms with E-state index in [-0.39, 0.29) is 5.82 Å². The Balaban J connectivity index is 1.40. The van der Waals surface area contributed by atoms with E-state index in [1.807, 2.05) is 34.9 Å². The van der Waals surface area contributed by atoms with Crippen LogP contribution in [-0.2, 0) is 17.8 Å². The van der Waals surface area contributed by atoms with Gasteiger partial charge < -0.3 is 10.1 Å². The predicted octanol–water partition coefficient (Wildman–Crippen LogP) is 3.60. The third-order valence-electron chi connectivity index (χ3n) is 5.24. The first kappa shape index (κ1) is 21.3. The quantitative estimate of drug-likeness (QED) is 0.373. The second kappa shape index (κ2) is 9.10. The number of rotatable bonds is 7. The van der Waals surface area contributed by atoms with Crippen molar-refractivity contribution in [2.75, 3.05) is 12.4 Å². The minimum Gasteiger partial charge on any atom is -0.465 e. The van der Waals surface area contributed by atoms with Gasteiger partial charge in [-0.2, -0.15) is 0 Å². The number of halogens is 1. The highest BCUT2D eigenvalue weighted by Crippen LogP contribution is 2.23. The Labute approximate surface area is 193 Å². The van der Waals surface area contributed by atoms with Gasteiger partial charge in [-0.1, -0.05) is 23.4 Å². The zero-order chi connectivity index (χ0) is 23.5. The van der Waals surface area contributed by atoms with Crippen LogP contribution in [-0.4, -0.2) is 42.6 Å². The average Bonchev–Trinajstić information content (AvgIpc) is 3.46. The number of methoxy groups -OCH3 is 1. The van der Waals surface area contributed by atoms with Gasteiger partial charge in [0.2, 0.25) is 0 Å². The van der Waals surface area contributed by atoms with E-state index in [4.69, 9.17) is 9.72 Å². The molecule has 5 aromatic rings. The van der Waals surface area contributed by atoms with Crippen LogP contribution in [0.5, 0.6) is 0 Å². The Morgan fingerprint density at radius 3 is 2.79 bits per heavy atom. The number of pyridine rings is 1.